The van der Waals surface area contributed by atoms with Crippen LogP contribution in [-0.4, -0.2) is 25.1 Å². The van der Waals surface area contributed by atoms with Gasteiger partial charge in [-0.2, -0.15) is 4.98 Å². The second-order valence-corrected chi connectivity index (χ2v) is 8.54. The van der Waals surface area contributed by atoms with E-state index in [1.807, 2.05) is 80.6 Å². The summed E-state index contributed by atoms with van der Waals surface area (Å²) < 4.78 is 3.17. The van der Waals surface area contributed by atoms with Gasteiger partial charge in [0.1, 0.15) is 0 Å². The molecule has 3 aromatic carbocycles. The fraction of sp³-hybridized carbons (Fsp3) is 0.185. The van der Waals surface area contributed by atoms with Crippen molar-refractivity contribution in [2.45, 2.75) is 33.7 Å². The maximum absolute atomic E-state index is 13.5. The Morgan fingerprint density at radius 2 is 1.56 bits per heavy atom. The molecular formula is C27H25N5O2. The first-order valence-electron chi connectivity index (χ1n) is 11.3. The number of aryl methyl sites for hydroxylation is 3. The van der Waals surface area contributed by atoms with Gasteiger partial charge in [0, 0.05) is 5.69 Å². The summed E-state index contributed by atoms with van der Waals surface area (Å²) in [6.45, 7) is 6.48. The molecule has 7 nitrogen and oxygen atoms in total. The summed E-state index contributed by atoms with van der Waals surface area (Å²) in [5.41, 5.74) is 6.30. The Morgan fingerprint density at radius 3 is 2.26 bits per heavy atom. The van der Waals surface area contributed by atoms with Crippen LogP contribution < -0.4 is 10.9 Å². The third-order valence-corrected chi connectivity index (χ3v) is 5.98. The first kappa shape index (κ1) is 21.6. The molecule has 0 spiro atoms. The zero-order valence-corrected chi connectivity index (χ0v) is 19.4. The van der Waals surface area contributed by atoms with Gasteiger partial charge in [0.25, 0.3) is 11.5 Å². The maximum atomic E-state index is 13.5. The van der Waals surface area contributed by atoms with Crippen molar-refractivity contribution in [2.24, 2.45) is 0 Å². The van der Waals surface area contributed by atoms with Crippen LogP contribution >= 0.6 is 0 Å². The molecule has 2 heterocycles. The van der Waals surface area contributed by atoms with Crippen molar-refractivity contribution in [3.05, 3.63) is 105 Å². The number of carbonyl (C=O) groups is 1. The first-order chi connectivity index (χ1) is 16.4. The van der Waals surface area contributed by atoms with E-state index in [2.05, 4.69) is 22.3 Å². The summed E-state index contributed by atoms with van der Waals surface area (Å²) in [5.74, 6) is -0.510. The number of fused-ring (bicyclic) bond motifs is 3. The van der Waals surface area contributed by atoms with Gasteiger partial charge in [-0.25, -0.2) is 4.52 Å². The number of nitrogens with one attached hydrogen (secondary N) is 1. The maximum Gasteiger partial charge on any atom is 0.296 e. The minimum Gasteiger partial charge on any atom is -0.319 e. The molecule has 2 aromatic heterocycles. The average Bonchev–Trinajstić information content (AvgIpc) is 3.29. The van der Waals surface area contributed by atoms with Gasteiger partial charge in [0.15, 0.2) is 0 Å². The highest BCUT2D eigenvalue weighted by atomic mass is 16.2. The van der Waals surface area contributed by atoms with E-state index in [0.717, 1.165) is 28.6 Å². The molecule has 170 valence electrons. The Morgan fingerprint density at radius 1 is 0.882 bits per heavy atom. The molecule has 0 aliphatic heterocycles. The minimum atomic E-state index is -0.460. The number of hydrogen-bond acceptors (Lipinski definition) is 4. The predicted octanol–water partition coefficient (Wildman–Crippen LogP) is 4.52. The quantitative estimate of drug-likeness (QED) is 0.426. The summed E-state index contributed by atoms with van der Waals surface area (Å²) >= 11 is 0. The van der Waals surface area contributed by atoms with Crippen LogP contribution in [0.5, 0.6) is 0 Å². The summed E-state index contributed by atoms with van der Waals surface area (Å²) in [6, 6.07) is 21.5. The van der Waals surface area contributed by atoms with Crippen LogP contribution in [0.2, 0.25) is 0 Å². The Balaban J connectivity index is 1.60. The number of hydrogen-bond donors (Lipinski definition) is 1. The fourth-order valence-corrected chi connectivity index (χ4v) is 4.02. The number of benzene rings is 3. The molecule has 0 saturated heterocycles. The zero-order valence-electron chi connectivity index (χ0n) is 19.4. The van der Waals surface area contributed by atoms with Crippen LogP contribution in [0.3, 0.4) is 0 Å². The Bertz CT molecular complexity index is 1580. The van der Waals surface area contributed by atoms with Gasteiger partial charge in [0.2, 0.25) is 11.5 Å². The van der Waals surface area contributed by atoms with Crippen LogP contribution in [0.15, 0.2) is 71.5 Å². The fourth-order valence-electron chi connectivity index (χ4n) is 4.02. The van der Waals surface area contributed by atoms with Crippen molar-refractivity contribution in [2.75, 3.05) is 5.32 Å². The van der Waals surface area contributed by atoms with Gasteiger partial charge in [0.05, 0.1) is 17.6 Å². The van der Waals surface area contributed by atoms with Crippen molar-refractivity contribution in [1.82, 2.24) is 19.2 Å². The summed E-state index contributed by atoms with van der Waals surface area (Å²) in [5, 5.41) is 7.22. The lowest BCUT2D eigenvalue weighted by molar-refractivity contribution is 0.101. The Kier molecular flexibility index (Phi) is 5.45. The molecule has 5 aromatic rings. The number of carbonyl (C=O) groups excluding carboxylic acids is 1. The molecule has 1 N–H and O–H groups in total. The number of aromatic nitrogens is 4. The molecule has 1 amide bonds. The lowest BCUT2D eigenvalue weighted by atomic mass is 10.1. The molecule has 7 heteroatoms. The molecule has 0 saturated carbocycles. The molecule has 0 aliphatic carbocycles. The molecule has 0 radical (unpaired) electrons. The standard InChI is InChI=1S/C27H25N5O2/c1-4-19-10-12-21(13-11-19)28-26(33)24-29-25-27(34)31(16-20-8-5-17(2)6-9-20)23-15-18(3)7-14-22(23)32(25)30-24/h5-15H,4,16H2,1-3H3,(H,28,33). The number of amides is 1. The van der Waals surface area contributed by atoms with Crippen LogP contribution in [-0.2, 0) is 13.0 Å². The largest absolute Gasteiger partial charge is 0.319 e. The van der Waals surface area contributed by atoms with Crippen molar-refractivity contribution in [3.8, 4) is 0 Å². The van der Waals surface area contributed by atoms with Gasteiger partial charge in [-0.05, 0) is 61.2 Å². The van der Waals surface area contributed by atoms with E-state index in [-0.39, 0.29) is 17.0 Å². The van der Waals surface area contributed by atoms with E-state index < -0.39 is 5.91 Å². The van der Waals surface area contributed by atoms with Crippen molar-refractivity contribution in [3.63, 3.8) is 0 Å². The van der Waals surface area contributed by atoms with Gasteiger partial charge in [-0.15, -0.1) is 5.10 Å². The van der Waals surface area contributed by atoms with Gasteiger partial charge < -0.3 is 5.32 Å². The molecule has 0 atom stereocenters. The summed E-state index contributed by atoms with van der Waals surface area (Å²) in [4.78, 5) is 30.7. The topological polar surface area (TPSA) is 81.3 Å². The smallest absolute Gasteiger partial charge is 0.296 e. The lowest BCUT2D eigenvalue weighted by Gasteiger charge is -2.12. The first-order valence-corrected chi connectivity index (χ1v) is 11.3. The monoisotopic (exact) mass is 451 g/mol. The van der Waals surface area contributed by atoms with Crippen LogP contribution in [0.4, 0.5) is 5.69 Å². The second kappa shape index (κ2) is 8.59. The van der Waals surface area contributed by atoms with Gasteiger partial charge >= 0.3 is 0 Å². The SMILES string of the molecule is CCc1ccc(NC(=O)c2nc3c(=O)n(Cc4ccc(C)cc4)c4cc(C)ccc4n3n2)cc1. The molecule has 0 bridgehead atoms. The number of rotatable bonds is 5. The van der Waals surface area contributed by atoms with E-state index in [1.54, 1.807) is 4.57 Å². The van der Waals surface area contributed by atoms with E-state index in [9.17, 15) is 9.59 Å². The second-order valence-electron chi connectivity index (χ2n) is 8.54. The molecule has 34 heavy (non-hydrogen) atoms. The summed E-state index contributed by atoms with van der Waals surface area (Å²) in [7, 11) is 0. The lowest BCUT2D eigenvalue weighted by Crippen LogP contribution is -2.24. The van der Waals surface area contributed by atoms with Crippen molar-refractivity contribution in [1.29, 1.82) is 0 Å². The molecule has 0 unspecified atom stereocenters. The third-order valence-electron chi connectivity index (χ3n) is 5.98. The van der Waals surface area contributed by atoms with Crippen LogP contribution in [0.1, 0.15) is 39.8 Å². The molecule has 0 aliphatic rings. The number of nitrogens with zero attached hydrogens (tertiary/aromatic N) is 4. The Labute approximate surface area is 196 Å². The van der Waals surface area contributed by atoms with Crippen molar-refractivity contribution >= 4 is 28.3 Å². The van der Waals surface area contributed by atoms with Crippen molar-refractivity contribution < 1.29 is 4.79 Å². The third kappa shape index (κ3) is 3.96. The van der Waals surface area contributed by atoms with E-state index >= 15 is 0 Å². The van der Waals surface area contributed by atoms with E-state index in [0.29, 0.717) is 17.7 Å². The van der Waals surface area contributed by atoms with E-state index in [4.69, 9.17) is 0 Å². The Hall–Kier alpha value is -4.26. The van der Waals surface area contributed by atoms with Crippen LogP contribution in [0, 0.1) is 13.8 Å². The average molecular weight is 452 g/mol. The number of anilines is 1. The summed E-state index contributed by atoms with van der Waals surface area (Å²) in [6.07, 6.45) is 0.920. The highest BCUT2D eigenvalue weighted by molar-refractivity contribution is 6.02. The normalized spacial score (nSPS) is 11.3. The minimum absolute atomic E-state index is 0.0494. The molecule has 0 fully saturated rings. The zero-order chi connectivity index (χ0) is 23.8. The molecule has 5 rings (SSSR count). The van der Waals surface area contributed by atoms with Crippen LogP contribution in [0.25, 0.3) is 16.7 Å². The van der Waals surface area contributed by atoms with Gasteiger partial charge in [-0.1, -0.05) is 55.0 Å². The van der Waals surface area contributed by atoms with E-state index in [1.165, 1.54) is 10.1 Å². The highest BCUT2D eigenvalue weighted by Crippen LogP contribution is 2.18. The molecular weight excluding hydrogens is 426 g/mol. The predicted molar refractivity (Wildman–Crippen MR) is 134 cm³/mol. The highest BCUT2D eigenvalue weighted by Gasteiger charge is 2.19. The van der Waals surface area contributed by atoms with Gasteiger partial charge in [-0.3, -0.25) is 14.2 Å².